The Morgan fingerprint density at radius 3 is 2.72 bits per heavy atom. The lowest BCUT2D eigenvalue weighted by Gasteiger charge is -2.34. The van der Waals surface area contributed by atoms with E-state index in [2.05, 4.69) is 36.3 Å². The third kappa shape index (κ3) is 4.14. The number of likely N-dealkylation sites (N-methyl/N-ethyl adjacent to an activating group) is 1. The van der Waals surface area contributed by atoms with E-state index in [4.69, 9.17) is 4.98 Å². The highest BCUT2D eigenvalue weighted by atomic mass is 16.2. The summed E-state index contributed by atoms with van der Waals surface area (Å²) in [7, 11) is 5.86. The van der Waals surface area contributed by atoms with Crippen LogP contribution in [0.1, 0.15) is 40.2 Å². The second-order valence-electron chi connectivity index (χ2n) is 11.8. The van der Waals surface area contributed by atoms with Gasteiger partial charge in [-0.15, -0.1) is 0 Å². The number of pyridine rings is 1. The predicted octanol–water partition coefficient (Wildman–Crippen LogP) is 2.61. The lowest BCUT2D eigenvalue weighted by molar-refractivity contribution is -0.129. The third-order valence-corrected chi connectivity index (χ3v) is 8.67. The highest BCUT2D eigenvalue weighted by Crippen LogP contribution is 2.54. The minimum absolute atomic E-state index is 0.0714. The number of fused-ring (bicyclic) bond motifs is 2. The minimum Gasteiger partial charge on any atom is -0.359 e. The fourth-order valence-electron chi connectivity index (χ4n) is 6.27. The molecule has 2 aromatic heterocycles. The van der Waals surface area contributed by atoms with Crippen LogP contribution >= 0.6 is 0 Å². The van der Waals surface area contributed by atoms with Gasteiger partial charge in [-0.2, -0.15) is 5.10 Å². The summed E-state index contributed by atoms with van der Waals surface area (Å²) < 4.78 is 2.16. The van der Waals surface area contributed by atoms with E-state index in [0.717, 1.165) is 53.3 Å². The van der Waals surface area contributed by atoms with E-state index >= 15 is 0 Å². The van der Waals surface area contributed by atoms with E-state index in [9.17, 15) is 9.59 Å². The van der Waals surface area contributed by atoms with Crippen molar-refractivity contribution in [3.63, 3.8) is 0 Å². The molecule has 202 valence electrons. The van der Waals surface area contributed by atoms with Gasteiger partial charge < -0.3 is 25.3 Å². The Morgan fingerprint density at radius 1 is 1.10 bits per heavy atom. The van der Waals surface area contributed by atoms with Crippen LogP contribution in [0.2, 0.25) is 0 Å². The fraction of sp³-hybridized carbons (Fsp3) is 0.448. The number of carbonyl (C=O) groups excluding carboxylic acids is 2. The quantitative estimate of drug-likeness (QED) is 0.510. The number of nitrogens with zero attached hydrogens (tertiary/aromatic N) is 6. The van der Waals surface area contributed by atoms with E-state index in [1.54, 1.807) is 4.90 Å². The maximum Gasteiger partial charge on any atom is 0.254 e. The number of amides is 2. The molecule has 5 heterocycles. The molecule has 2 N–H and O–H groups in total. The summed E-state index contributed by atoms with van der Waals surface area (Å²) in [6.45, 7) is 3.96. The normalized spacial score (nSPS) is 19.1. The Labute approximate surface area is 228 Å². The monoisotopic (exact) mass is 526 g/mol. The molecular weight excluding hydrogens is 492 g/mol. The molecule has 3 aromatic rings. The van der Waals surface area contributed by atoms with Gasteiger partial charge in [0.2, 0.25) is 5.91 Å². The van der Waals surface area contributed by atoms with Crippen LogP contribution in [0, 0.1) is 5.41 Å². The van der Waals surface area contributed by atoms with Gasteiger partial charge in [0.05, 0.1) is 35.4 Å². The summed E-state index contributed by atoms with van der Waals surface area (Å²) in [5.74, 6) is 0.711. The van der Waals surface area contributed by atoms with Crippen molar-refractivity contribution in [2.45, 2.75) is 38.9 Å². The van der Waals surface area contributed by atoms with Crippen molar-refractivity contribution < 1.29 is 9.59 Å². The van der Waals surface area contributed by atoms with Crippen LogP contribution in [0.25, 0.3) is 11.1 Å². The second kappa shape index (κ2) is 8.81. The summed E-state index contributed by atoms with van der Waals surface area (Å²) in [6, 6.07) is 8.07. The van der Waals surface area contributed by atoms with Crippen LogP contribution in [0.3, 0.4) is 0 Å². The SMILES string of the molecule is CN(C)Cc1nc(Nc2ccc(-c3cnn4c3CC3(CC3)C4)c3c2C(=O)NC3)ccc1N1CCN(C)C(=O)C1. The zero-order valence-electron chi connectivity index (χ0n) is 22.8. The van der Waals surface area contributed by atoms with Gasteiger partial charge in [-0.3, -0.25) is 14.3 Å². The Hall–Kier alpha value is -3.92. The lowest BCUT2D eigenvalue weighted by Crippen LogP contribution is -2.49. The molecule has 0 unspecified atom stereocenters. The predicted molar refractivity (Wildman–Crippen MR) is 149 cm³/mol. The minimum atomic E-state index is -0.0714. The van der Waals surface area contributed by atoms with Gasteiger partial charge in [-0.05, 0) is 68.1 Å². The molecule has 0 bridgehead atoms. The Kier molecular flexibility index (Phi) is 5.45. The highest BCUT2D eigenvalue weighted by molar-refractivity contribution is 6.06. The number of carbonyl (C=O) groups is 2. The summed E-state index contributed by atoms with van der Waals surface area (Å²) in [4.78, 5) is 36.3. The zero-order valence-corrected chi connectivity index (χ0v) is 22.8. The smallest absolute Gasteiger partial charge is 0.254 e. The molecule has 1 aromatic carbocycles. The fourth-order valence-corrected chi connectivity index (χ4v) is 6.27. The Morgan fingerprint density at radius 2 is 1.95 bits per heavy atom. The van der Waals surface area contributed by atoms with Crippen LogP contribution in [-0.2, 0) is 30.8 Å². The van der Waals surface area contributed by atoms with Gasteiger partial charge in [0.1, 0.15) is 5.82 Å². The summed E-state index contributed by atoms with van der Waals surface area (Å²) in [5.41, 5.74) is 8.26. The van der Waals surface area contributed by atoms with Crippen molar-refractivity contribution in [3.05, 3.63) is 53.0 Å². The van der Waals surface area contributed by atoms with Crippen molar-refractivity contribution in [3.8, 4) is 11.1 Å². The molecule has 1 spiro atoms. The molecule has 1 aliphatic carbocycles. The van der Waals surface area contributed by atoms with Crippen LogP contribution in [0.4, 0.5) is 17.2 Å². The molecule has 4 aliphatic rings. The molecule has 2 fully saturated rings. The first-order valence-corrected chi connectivity index (χ1v) is 13.7. The van der Waals surface area contributed by atoms with Crippen LogP contribution in [0.15, 0.2) is 30.5 Å². The van der Waals surface area contributed by atoms with Gasteiger partial charge in [0.15, 0.2) is 0 Å². The molecule has 10 nitrogen and oxygen atoms in total. The molecule has 7 rings (SSSR count). The lowest BCUT2D eigenvalue weighted by atomic mass is 9.93. The first-order valence-electron chi connectivity index (χ1n) is 13.7. The van der Waals surface area contributed by atoms with Crippen LogP contribution in [0.5, 0.6) is 0 Å². The summed E-state index contributed by atoms with van der Waals surface area (Å²) in [6.07, 6.45) is 5.60. The standard InChI is InChI=1S/C29H34N8O2/c1-34(2)15-22-23(36-11-10-35(3)26(38)16-36)6-7-25(33-22)32-21-5-4-18(20-13-30-28(39)27(20)21)19-14-31-37-17-29(8-9-29)12-24(19)37/h4-7,14H,8-13,15-17H2,1-3H3,(H,30,39)(H,32,33). The van der Waals surface area contributed by atoms with E-state index in [0.29, 0.717) is 43.0 Å². The first kappa shape index (κ1) is 24.1. The van der Waals surface area contributed by atoms with Crippen molar-refractivity contribution in [1.29, 1.82) is 0 Å². The summed E-state index contributed by atoms with van der Waals surface area (Å²) >= 11 is 0. The van der Waals surface area contributed by atoms with Crippen LogP contribution < -0.4 is 15.5 Å². The van der Waals surface area contributed by atoms with Crippen molar-refractivity contribution in [2.24, 2.45) is 5.41 Å². The van der Waals surface area contributed by atoms with E-state index in [1.165, 1.54) is 18.5 Å². The van der Waals surface area contributed by atoms with E-state index < -0.39 is 0 Å². The van der Waals surface area contributed by atoms with Crippen molar-refractivity contribution >= 4 is 29.0 Å². The molecule has 0 radical (unpaired) electrons. The maximum atomic E-state index is 13.0. The highest BCUT2D eigenvalue weighted by Gasteiger charge is 2.49. The molecule has 1 saturated carbocycles. The summed E-state index contributed by atoms with van der Waals surface area (Å²) in [5, 5.41) is 11.2. The zero-order chi connectivity index (χ0) is 26.9. The molecule has 39 heavy (non-hydrogen) atoms. The first-order chi connectivity index (χ1) is 18.8. The van der Waals surface area contributed by atoms with Gasteiger partial charge in [0.25, 0.3) is 5.91 Å². The van der Waals surface area contributed by atoms with E-state index in [1.807, 2.05) is 45.5 Å². The average molecular weight is 527 g/mol. The number of anilines is 3. The number of aromatic nitrogens is 3. The molecule has 1 saturated heterocycles. The Bertz CT molecular complexity index is 1510. The number of hydrogen-bond acceptors (Lipinski definition) is 7. The Balaban J connectivity index is 1.21. The van der Waals surface area contributed by atoms with Crippen molar-refractivity contribution in [1.82, 2.24) is 29.9 Å². The largest absolute Gasteiger partial charge is 0.359 e. The topological polar surface area (TPSA) is 98.6 Å². The number of hydrogen-bond donors (Lipinski definition) is 2. The number of rotatable bonds is 6. The second-order valence-corrected chi connectivity index (χ2v) is 11.8. The molecule has 10 heteroatoms. The van der Waals surface area contributed by atoms with Gasteiger partial charge in [-0.25, -0.2) is 4.98 Å². The third-order valence-electron chi connectivity index (χ3n) is 8.67. The number of piperazine rings is 1. The van der Waals surface area contributed by atoms with Crippen molar-refractivity contribution in [2.75, 3.05) is 51.0 Å². The average Bonchev–Trinajstić information content (AvgIpc) is 3.17. The molecular formula is C29H34N8O2. The molecule has 0 atom stereocenters. The molecule has 2 amide bonds. The number of benzene rings is 1. The number of nitrogens with one attached hydrogen (secondary N) is 2. The van der Waals surface area contributed by atoms with Gasteiger partial charge >= 0.3 is 0 Å². The van der Waals surface area contributed by atoms with Gasteiger partial charge in [0, 0.05) is 51.0 Å². The maximum absolute atomic E-state index is 13.0. The van der Waals surface area contributed by atoms with E-state index in [-0.39, 0.29) is 11.8 Å². The molecule has 3 aliphatic heterocycles. The van der Waals surface area contributed by atoms with Crippen LogP contribution in [-0.4, -0.2) is 77.2 Å². The van der Waals surface area contributed by atoms with Gasteiger partial charge in [-0.1, -0.05) is 6.07 Å².